The normalized spacial score (nSPS) is 26.7. The van der Waals surface area contributed by atoms with Crippen LogP contribution in [0.25, 0.3) is 11.2 Å². The molecule has 0 aromatic carbocycles. The third-order valence-corrected chi connectivity index (χ3v) is 7.62. The summed E-state index contributed by atoms with van der Waals surface area (Å²) >= 11 is 0. The van der Waals surface area contributed by atoms with Crippen LogP contribution in [-0.2, 0) is 31.6 Å². The molecule has 1 saturated heterocycles. The number of ether oxygens (including phenoxy) is 1. The minimum Gasteiger partial charge on any atom is -1.00 e. The summed E-state index contributed by atoms with van der Waals surface area (Å²) in [5, 5.41) is 20.4. The predicted octanol–water partition coefficient (Wildman–Crippen LogP) is -7.40. The molecule has 2 aromatic rings. The van der Waals surface area contributed by atoms with Crippen LogP contribution in [0, 0.1) is 0 Å². The topological polar surface area (TPSA) is 279 Å². The Kier molecular flexibility index (Phi) is 12.6. The zero-order valence-corrected chi connectivity index (χ0v) is 25.8. The van der Waals surface area contributed by atoms with Gasteiger partial charge in [0.05, 0.1) is 12.9 Å². The van der Waals surface area contributed by atoms with E-state index in [2.05, 4.69) is 28.1 Å². The van der Waals surface area contributed by atoms with E-state index in [1.807, 2.05) is 0 Å². The Morgan fingerprint density at radius 2 is 1.67 bits per heavy atom. The molecule has 6 atom stereocenters. The van der Waals surface area contributed by atoms with E-state index in [1.165, 1.54) is 10.9 Å². The van der Waals surface area contributed by atoms with Gasteiger partial charge in [0.1, 0.15) is 30.2 Å². The molecule has 8 N–H and O–H groups in total. The van der Waals surface area contributed by atoms with Crippen molar-refractivity contribution < 1.29 is 167 Å². The van der Waals surface area contributed by atoms with Gasteiger partial charge >= 0.3 is 126 Å². The Morgan fingerprint density at radius 1 is 1.03 bits per heavy atom. The minimum absolute atomic E-state index is 0. The van der Waals surface area contributed by atoms with Gasteiger partial charge in [-0.2, -0.15) is 8.62 Å². The second-order valence-electron chi connectivity index (χ2n) is 6.02. The first-order valence-electron chi connectivity index (χ1n) is 7.92. The predicted molar refractivity (Wildman–Crippen MR) is 97.7 cm³/mol. The summed E-state index contributed by atoms with van der Waals surface area (Å²) in [5.74, 6) is 0.0426. The maximum Gasteiger partial charge on any atom is 1.00 e. The van der Waals surface area contributed by atoms with E-state index in [0.717, 1.165) is 6.33 Å². The number of nitrogens with two attached hydrogens (primary N) is 1. The van der Waals surface area contributed by atoms with Crippen molar-refractivity contribution in [2.75, 3.05) is 12.3 Å². The summed E-state index contributed by atoms with van der Waals surface area (Å²) in [4.78, 5) is 47.2. The number of phosphoric ester groups is 1. The summed E-state index contributed by atoms with van der Waals surface area (Å²) in [6.45, 7) is -0.956. The smallest absolute Gasteiger partial charge is 1.00 e. The van der Waals surface area contributed by atoms with Crippen LogP contribution in [0.5, 0.6) is 0 Å². The first-order chi connectivity index (χ1) is 14.2. The van der Waals surface area contributed by atoms with Crippen LogP contribution >= 0.6 is 23.5 Å². The monoisotopic (exact) mass is 587 g/mol. The third kappa shape index (κ3) is 8.73. The van der Waals surface area contributed by atoms with Gasteiger partial charge in [0, 0.05) is 0 Å². The fourth-order valence-corrected chi connectivity index (χ4v) is 5.65. The van der Waals surface area contributed by atoms with Gasteiger partial charge in [-0.3, -0.25) is 9.09 Å². The van der Waals surface area contributed by atoms with E-state index >= 15 is 0 Å². The zero-order chi connectivity index (χ0) is 23.2. The number of hydrogen-bond acceptors (Lipinski definition) is 13. The maximum atomic E-state index is 11.8. The first-order valence-corrected chi connectivity index (χ1v) is 12.4. The molecular weight excluding hydrogens is 569 g/mol. The molecule has 0 saturated carbocycles. The SMILES string of the molecule is Nc1ncnc2c1ncn2[C@@H]1O[C@H](COP(=O)(O)OP(=O)(O)OP(=O)(O)O)[C@@H](O)[C@H]1O.[H-].[H-].[K+].[K+]. The van der Waals surface area contributed by atoms with E-state index in [4.69, 9.17) is 25.2 Å². The molecular formula is C10H18K2N5O13P3. The molecule has 0 radical (unpaired) electrons. The van der Waals surface area contributed by atoms with Crippen molar-refractivity contribution in [1.82, 2.24) is 19.5 Å². The second kappa shape index (κ2) is 12.6. The molecule has 0 bridgehead atoms. The molecule has 3 heterocycles. The van der Waals surface area contributed by atoms with Crippen LogP contribution in [-0.4, -0.2) is 74.2 Å². The van der Waals surface area contributed by atoms with Crippen LogP contribution in [0.2, 0.25) is 0 Å². The molecule has 3 rings (SSSR count). The van der Waals surface area contributed by atoms with Gasteiger partial charge in [-0.1, -0.05) is 0 Å². The van der Waals surface area contributed by atoms with Gasteiger partial charge in [-0.05, 0) is 0 Å². The number of fused-ring (bicyclic) bond motifs is 1. The van der Waals surface area contributed by atoms with Crippen molar-refractivity contribution >= 4 is 40.4 Å². The number of imidazole rings is 1. The summed E-state index contributed by atoms with van der Waals surface area (Å²) in [6, 6.07) is 0. The van der Waals surface area contributed by atoms with Crippen molar-refractivity contribution in [3.05, 3.63) is 12.7 Å². The molecule has 2 unspecified atom stereocenters. The van der Waals surface area contributed by atoms with E-state index in [-0.39, 0.29) is 123 Å². The molecule has 0 aliphatic carbocycles. The summed E-state index contributed by atoms with van der Waals surface area (Å²) < 4.78 is 51.9. The summed E-state index contributed by atoms with van der Waals surface area (Å²) in [6.07, 6.45) is -3.69. The fraction of sp³-hybridized carbons (Fsp3) is 0.500. The molecule has 1 fully saturated rings. The third-order valence-electron chi connectivity index (χ3n) is 3.82. The molecule has 33 heavy (non-hydrogen) atoms. The molecule has 0 spiro atoms. The van der Waals surface area contributed by atoms with Crippen LogP contribution in [0.3, 0.4) is 0 Å². The van der Waals surface area contributed by atoms with Crippen molar-refractivity contribution in [2.24, 2.45) is 0 Å². The molecule has 18 nitrogen and oxygen atoms in total. The first kappa shape index (κ1) is 32.9. The second-order valence-corrected chi connectivity index (χ2v) is 10.4. The number of aliphatic hydroxyl groups is 2. The molecule has 1 aliphatic rings. The largest absolute Gasteiger partial charge is 1.00 e. The Labute approximate surface area is 272 Å². The van der Waals surface area contributed by atoms with E-state index < -0.39 is 54.6 Å². The van der Waals surface area contributed by atoms with Crippen molar-refractivity contribution in [3.8, 4) is 0 Å². The van der Waals surface area contributed by atoms with E-state index in [0.29, 0.717) is 0 Å². The zero-order valence-electron chi connectivity index (χ0n) is 18.9. The van der Waals surface area contributed by atoms with Crippen LogP contribution < -0.4 is 109 Å². The van der Waals surface area contributed by atoms with E-state index in [9.17, 15) is 28.8 Å². The van der Waals surface area contributed by atoms with Crippen molar-refractivity contribution in [2.45, 2.75) is 24.5 Å². The number of nitrogen functional groups attached to an aromatic ring is 1. The molecule has 178 valence electrons. The molecule has 2 aromatic heterocycles. The van der Waals surface area contributed by atoms with E-state index in [1.54, 1.807) is 0 Å². The van der Waals surface area contributed by atoms with Crippen LogP contribution in [0.15, 0.2) is 12.7 Å². The molecule has 1 aliphatic heterocycles. The Bertz CT molecular complexity index is 1130. The van der Waals surface area contributed by atoms with Crippen LogP contribution in [0.1, 0.15) is 9.08 Å². The molecule has 0 amide bonds. The average molecular weight is 587 g/mol. The summed E-state index contributed by atoms with van der Waals surface area (Å²) in [7, 11) is -16.7. The standard InChI is InChI=1S/C10H16N5O13P3.2K.2H/c11-8-5-9(13-2-12-8)15(3-14-5)10-7(17)6(16)4(26-10)1-25-30(21,22)28-31(23,24)27-29(18,19)20;;;;/h2-4,6-7,10,16-17H,1H2,(H,21,22)(H,23,24)(H2,11,12,13)(H2,18,19,20);;;;/q;2*+1;2*-1/t4-,6-,7-,10-;;;;/m1..../s1. The van der Waals surface area contributed by atoms with Gasteiger partial charge in [-0.15, -0.1) is 0 Å². The Balaban J connectivity index is 0. The molecule has 23 heteroatoms. The number of nitrogens with zero attached hydrogens (tertiary/aromatic N) is 4. The van der Waals surface area contributed by atoms with Gasteiger partial charge in [-0.25, -0.2) is 28.6 Å². The Morgan fingerprint density at radius 3 is 2.27 bits per heavy atom. The van der Waals surface area contributed by atoms with Gasteiger partial charge in [0.2, 0.25) is 0 Å². The maximum absolute atomic E-state index is 11.8. The quantitative estimate of drug-likeness (QED) is 0.112. The number of hydrogen-bond donors (Lipinski definition) is 7. The average Bonchev–Trinajstić information content (AvgIpc) is 3.13. The number of rotatable bonds is 8. The number of aliphatic hydroxyl groups excluding tert-OH is 2. The Hall–Kier alpha value is 1.91. The van der Waals surface area contributed by atoms with Gasteiger partial charge < -0.3 is 43.1 Å². The fourth-order valence-electron chi connectivity index (χ4n) is 2.62. The number of phosphoric acid groups is 3. The number of aromatic nitrogens is 4. The summed E-state index contributed by atoms with van der Waals surface area (Å²) in [5.41, 5.74) is 6.00. The number of anilines is 1. The van der Waals surface area contributed by atoms with Crippen LogP contribution in [0.4, 0.5) is 5.82 Å². The van der Waals surface area contributed by atoms with Gasteiger partial charge in [0.15, 0.2) is 17.7 Å². The minimum atomic E-state index is -5.70. The van der Waals surface area contributed by atoms with Crippen molar-refractivity contribution in [1.29, 1.82) is 0 Å². The van der Waals surface area contributed by atoms with Gasteiger partial charge in [0.25, 0.3) is 0 Å². The van der Waals surface area contributed by atoms with Crippen molar-refractivity contribution in [3.63, 3.8) is 0 Å².